The van der Waals surface area contributed by atoms with Crippen LogP contribution < -0.4 is 10.2 Å². The number of nitrogens with one attached hydrogen (secondary N) is 1. The molecule has 0 spiro atoms. The summed E-state index contributed by atoms with van der Waals surface area (Å²) >= 11 is 0. The quantitative estimate of drug-likeness (QED) is 0.822. The molecule has 0 atom stereocenters. The third kappa shape index (κ3) is 4.12. The molecule has 0 saturated heterocycles. The lowest BCUT2D eigenvalue weighted by molar-refractivity contribution is -0.120. The maximum atomic E-state index is 12.2. The van der Waals surface area contributed by atoms with Crippen LogP contribution in [0.5, 0.6) is 0 Å². The number of aryl methyl sites for hydroxylation is 1. The van der Waals surface area contributed by atoms with Crippen LogP contribution in [0.1, 0.15) is 58.4 Å². The Kier molecular flexibility index (Phi) is 6.20. The van der Waals surface area contributed by atoms with Crippen molar-refractivity contribution in [2.75, 3.05) is 16.8 Å². The summed E-state index contributed by atoms with van der Waals surface area (Å²) in [5.41, 5.74) is 3.00. The minimum Gasteiger partial charge on any atom is -0.326 e. The molecule has 23 heavy (non-hydrogen) atoms. The van der Waals surface area contributed by atoms with Crippen LogP contribution >= 0.6 is 0 Å². The van der Waals surface area contributed by atoms with Gasteiger partial charge < -0.3 is 10.2 Å². The number of hydrogen-bond acceptors (Lipinski definition) is 2. The van der Waals surface area contributed by atoms with E-state index in [1.54, 1.807) is 0 Å². The van der Waals surface area contributed by atoms with Gasteiger partial charge in [-0.2, -0.15) is 0 Å². The first kappa shape index (κ1) is 17.5. The summed E-state index contributed by atoms with van der Waals surface area (Å²) in [6, 6.07) is 5.92. The van der Waals surface area contributed by atoms with E-state index in [1.165, 1.54) is 0 Å². The molecular weight excluding hydrogens is 288 g/mol. The number of amides is 2. The van der Waals surface area contributed by atoms with Crippen LogP contribution in [-0.4, -0.2) is 18.4 Å². The van der Waals surface area contributed by atoms with Gasteiger partial charge in [0.2, 0.25) is 11.8 Å². The van der Waals surface area contributed by atoms with Crippen molar-refractivity contribution >= 4 is 23.2 Å². The van der Waals surface area contributed by atoms with Crippen molar-refractivity contribution in [3.05, 3.63) is 23.8 Å². The minimum atomic E-state index is 0.0636. The monoisotopic (exact) mass is 316 g/mol. The van der Waals surface area contributed by atoms with E-state index in [0.29, 0.717) is 6.42 Å². The van der Waals surface area contributed by atoms with Crippen molar-refractivity contribution in [1.29, 1.82) is 0 Å². The molecule has 2 rings (SSSR count). The van der Waals surface area contributed by atoms with Gasteiger partial charge in [0, 0.05) is 30.3 Å². The second kappa shape index (κ2) is 8.14. The first-order valence-corrected chi connectivity index (χ1v) is 8.84. The predicted octanol–water partition coefficient (Wildman–Crippen LogP) is 4.14. The third-order valence-electron chi connectivity index (χ3n) is 4.64. The number of rotatable bonds is 7. The highest BCUT2D eigenvalue weighted by molar-refractivity contribution is 5.98. The Bertz CT molecular complexity index is 564. The Morgan fingerprint density at radius 1 is 1.22 bits per heavy atom. The molecule has 1 aliphatic heterocycles. The second-order valence-electron chi connectivity index (χ2n) is 6.25. The molecule has 1 N–H and O–H groups in total. The van der Waals surface area contributed by atoms with Gasteiger partial charge in [-0.1, -0.05) is 27.2 Å². The van der Waals surface area contributed by atoms with Gasteiger partial charge in [0.25, 0.3) is 0 Å². The Hall–Kier alpha value is -1.84. The average molecular weight is 316 g/mol. The number of unbranched alkanes of at least 4 members (excludes halogenated alkanes) is 1. The number of carbonyl (C=O) groups is 2. The highest BCUT2D eigenvalue weighted by Crippen LogP contribution is 2.30. The highest BCUT2D eigenvalue weighted by Gasteiger charge is 2.24. The molecule has 0 aromatic heterocycles. The molecule has 0 aliphatic carbocycles. The fourth-order valence-corrected chi connectivity index (χ4v) is 3.10. The normalized spacial score (nSPS) is 14.1. The van der Waals surface area contributed by atoms with Crippen molar-refractivity contribution in [2.24, 2.45) is 5.92 Å². The lowest BCUT2D eigenvalue weighted by Gasteiger charge is -2.30. The SMILES string of the molecule is CCCCN1C(=O)CCc2cc(NC(=O)C(CC)CC)ccc21. The van der Waals surface area contributed by atoms with E-state index in [9.17, 15) is 9.59 Å². The predicted molar refractivity (Wildman–Crippen MR) is 94.7 cm³/mol. The number of fused-ring (bicyclic) bond motifs is 1. The summed E-state index contributed by atoms with van der Waals surface area (Å²) in [5, 5.41) is 3.02. The molecular formula is C19H28N2O2. The smallest absolute Gasteiger partial charge is 0.227 e. The maximum Gasteiger partial charge on any atom is 0.227 e. The number of hydrogen-bond donors (Lipinski definition) is 1. The Labute approximate surface area is 139 Å². The fraction of sp³-hybridized carbons (Fsp3) is 0.579. The van der Waals surface area contributed by atoms with Gasteiger partial charge in [-0.05, 0) is 49.4 Å². The fourth-order valence-electron chi connectivity index (χ4n) is 3.10. The molecule has 0 unspecified atom stereocenters. The maximum absolute atomic E-state index is 12.2. The zero-order chi connectivity index (χ0) is 16.8. The molecule has 4 heteroatoms. The standard InChI is InChI=1S/C19H28N2O2/c1-4-7-12-21-17-10-9-16(13-15(17)8-11-18(21)22)20-19(23)14(5-2)6-3/h9-10,13-14H,4-8,11-12H2,1-3H3,(H,20,23). The van der Waals surface area contributed by atoms with Gasteiger partial charge in [0.15, 0.2) is 0 Å². The van der Waals surface area contributed by atoms with E-state index in [2.05, 4.69) is 12.2 Å². The summed E-state index contributed by atoms with van der Waals surface area (Å²) < 4.78 is 0. The molecule has 2 amide bonds. The Morgan fingerprint density at radius 3 is 2.61 bits per heavy atom. The van der Waals surface area contributed by atoms with Crippen LogP contribution in [0.15, 0.2) is 18.2 Å². The van der Waals surface area contributed by atoms with Crippen molar-refractivity contribution in [3.8, 4) is 0 Å². The molecule has 126 valence electrons. The lowest BCUT2D eigenvalue weighted by atomic mass is 9.99. The lowest BCUT2D eigenvalue weighted by Crippen LogP contribution is -2.35. The summed E-state index contributed by atoms with van der Waals surface area (Å²) in [6.45, 7) is 6.99. The molecule has 0 radical (unpaired) electrons. The van der Waals surface area contributed by atoms with E-state index < -0.39 is 0 Å². The topological polar surface area (TPSA) is 49.4 Å². The van der Waals surface area contributed by atoms with Gasteiger partial charge in [0.05, 0.1) is 0 Å². The van der Waals surface area contributed by atoms with Gasteiger partial charge >= 0.3 is 0 Å². The molecule has 0 fully saturated rings. The Morgan fingerprint density at radius 2 is 1.96 bits per heavy atom. The van der Waals surface area contributed by atoms with Gasteiger partial charge in [-0.3, -0.25) is 9.59 Å². The zero-order valence-electron chi connectivity index (χ0n) is 14.5. The average Bonchev–Trinajstić information content (AvgIpc) is 2.55. The van der Waals surface area contributed by atoms with Crippen LogP contribution in [0.2, 0.25) is 0 Å². The largest absolute Gasteiger partial charge is 0.326 e. The van der Waals surface area contributed by atoms with Gasteiger partial charge in [0.1, 0.15) is 0 Å². The van der Waals surface area contributed by atoms with E-state index in [1.807, 2.05) is 36.9 Å². The molecule has 1 aliphatic rings. The molecule has 0 saturated carbocycles. The van der Waals surface area contributed by atoms with Crippen LogP contribution in [0.3, 0.4) is 0 Å². The number of anilines is 2. The van der Waals surface area contributed by atoms with Crippen LogP contribution in [0.4, 0.5) is 11.4 Å². The van der Waals surface area contributed by atoms with Crippen molar-refractivity contribution in [1.82, 2.24) is 0 Å². The zero-order valence-corrected chi connectivity index (χ0v) is 14.5. The first-order valence-electron chi connectivity index (χ1n) is 8.84. The second-order valence-corrected chi connectivity index (χ2v) is 6.25. The third-order valence-corrected chi connectivity index (χ3v) is 4.64. The summed E-state index contributed by atoms with van der Waals surface area (Å²) in [4.78, 5) is 26.3. The van der Waals surface area contributed by atoms with E-state index in [4.69, 9.17) is 0 Å². The molecule has 4 nitrogen and oxygen atoms in total. The number of benzene rings is 1. The molecule has 0 bridgehead atoms. The van der Waals surface area contributed by atoms with Gasteiger partial charge in [-0.15, -0.1) is 0 Å². The molecule has 1 aromatic carbocycles. The minimum absolute atomic E-state index is 0.0636. The van der Waals surface area contributed by atoms with Crippen molar-refractivity contribution in [3.63, 3.8) is 0 Å². The van der Waals surface area contributed by atoms with Crippen LogP contribution in [0.25, 0.3) is 0 Å². The Balaban J connectivity index is 2.16. The summed E-state index contributed by atoms with van der Waals surface area (Å²) in [5.74, 6) is 0.359. The highest BCUT2D eigenvalue weighted by atomic mass is 16.2. The summed E-state index contributed by atoms with van der Waals surface area (Å²) in [7, 11) is 0. The van der Waals surface area contributed by atoms with E-state index >= 15 is 0 Å². The van der Waals surface area contributed by atoms with Crippen LogP contribution in [-0.2, 0) is 16.0 Å². The van der Waals surface area contributed by atoms with Crippen molar-refractivity contribution in [2.45, 2.75) is 59.3 Å². The molecule has 1 aromatic rings. The number of nitrogens with zero attached hydrogens (tertiary/aromatic N) is 1. The first-order chi connectivity index (χ1) is 11.1. The van der Waals surface area contributed by atoms with Crippen LogP contribution in [0, 0.1) is 5.92 Å². The summed E-state index contributed by atoms with van der Waals surface area (Å²) in [6.07, 6.45) is 5.10. The van der Waals surface area contributed by atoms with E-state index in [-0.39, 0.29) is 17.7 Å². The van der Waals surface area contributed by atoms with Gasteiger partial charge in [-0.25, -0.2) is 0 Å². The molecule has 1 heterocycles. The number of carbonyl (C=O) groups excluding carboxylic acids is 2. The van der Waals surface area contributed by atoms with Crippen molar-refractivity contribution < 1.29 is 9.59 Å². The van der Waals surface area contributed by atoms with E-state index in [0.717, 1.165) is 55.6 Å².